The van der Waals surface area contributed by atoms with Gasteiger partial charge in [-0.1, -0.05) is 13.8 Å². The summed E-state index contributed by atoms with van der Waals surface area (Å²) in [7, 11) is 0. The first kappa shape index (κ1) is 16.4. The third-order valence-corrected chi connectivity index (χ3v) is 3.85. The minimum Gasteiger partial charge on any atom is -0.368 e. The summed E-state index contributed by atoms with van der Waals surface area (Å²) in [5.74, 6) is -0.253. The summed E-state index contributed by atoms with van der Waals surface area (Å²) in [5.41, 5.74) is 4.96. The first-order chi connectivity index (χ1) is 9.01. The Labute approximate surface area is 117 Å². The highest BCUT2D eigenvalue weighted by molar-refractivity contribution is 5.84. The molecule has 112 valence electrons. The average Bonchev–Trinajstić information content (AvgIpc) is 2.39. The zero-order chi connectivity index (χ0) is 14.3. The summed E-state index contributed by atoms with van der Waals surface area (Å²) in [4.78, 5) is 16.5. The summed E-state index contributed by atoms with van der Waals surface area (Å²) >= 11 is 0. The molecule has 5 nitrogen and oxygen atoms in total. The molecule has 1 rings (SSSR count). The molecule has 0 aliphatic carbocycles. The van der Waals surface area contributed by atoms with Crippen molar-refractivity contribution in [3.63, 3.8) is 0 Å². The van der Waals surface area contributed by atoms with Gasteiger partial charge in [0.25, 0.3) is 0 Å². The van der Waals surface area contributed by atoms with Crippen LogP contribution < -0.4 is 11.1 Å². The van der Waals surface area contributed by atoms with E-state index in [4.69, 9.17) is 5.73 Å². The second kappa shape index (κ2) is 7.82. The zero-order valence-corrected chi connectivity index (χ0v) is 12.7. The molecule has 0 aromatic carbocycles. The lowest BCUT2D eigenvalue weighted by molar-refractivity contribution is -0.124. The van der Waals surface area contributed by atoms with Gasteiger partial charge in [-0.25, -0.2) is 0 Å². The van der Waals surface area contributed by atoms with Crippen molar-refractivity contribution in [2.45, 2.75) is 39.2 Å². The van der Waals surface area contributed by atoms with Gasteiger partial charge < -0.3 is 16.0 Å². The fourth-order valence-corrected chi connectivity index (χ4v) is 2.56. The van der Waals surface area contributed by atoms with Gasteiger partial charge in [-0.2, -0.15) is 0 Å². The van der Waals surface area contributed by atoms with Gasteiger partial charge in [-0.15, -0.1) is 0 Å². The van der Waals surface area contributed by atoms with Crippen molar-refractivity contribution in [2.24, 2.45) is 5.73 Å². The highest BCUT2D eigenvalue weighted by Gasteiger charge is 2.33. The van der Waals surface area contributed by atoms with E-state index in [0.717, 1.165) is 39.1 Å². The molecule has 1 atom stereocenters. The van der Waals surface area contributed by atoms with E-state index in [1.165, 1.54) is 13.0 Å². The van der Waals surface area contributed by atoms with Gasteiger partial charge in [0.2, 0.25) is 5.91 Å². The fourth-order valence-electron chi connectivity index (χ4n) is 2.56. The Balaban J connectivity index is 2.45. The van der Waals surface area contributed by atoms with Crippen LogP contribution in [0.4, 0.5) is 0 Å². The number of hydrogen-bond donors (Lipinski definition) is 2. The predicted octanol–water partition coefficient (Wildman–Crippen LogP) is 0.258. The quantitative estimate of drug-likeness (QED) is 0.664. The largest absolute Gasteiger partial charge is 0.368 e. The van der Waals surface area contributed by atoms with Gasteiger partial charge in [0.15, 0.2) is 0 Å². The predicted molar refractivity (Wildman–Crippen MR) is 79.1 cm³/mol. The van der Waals surface area contributed by atoms with Crippen LogP contribution in [-0.4, -0.2) is 67.1 Å². The monoisotopic (exact) mass is 270 g/mol. The minimum absolute atomic E-state index is 0.253. The lowest BCUT2D eigenvalue weighted by Gasteiger charge is -2.39. The van der Waals surface area contributed by atoms with Crippen LogP contribution in [0, 0.1) is 0 Å². The molecule has 0 radical (unpaired) electrons. The van der Waals surface area contributed by atoms with Gasteiger partial charge >= 0.3 is 0 Å². The lowest BCUT2D eigenvalue weighted by Crippen LogP contribution is -2.61. The van der Waals surface area contributed by atoms with E-state index in [9.17, 15) is 4.79 Å². The van der Waals surface area contributed by atoms with Crippen LogP contribution in [0.1, 0.15) is 33.6 Å². The van der Waals surface area contributed by atoms with Crippen LogP contribution in [0.5, 0.6) is 0 Å². The molecule has 0 aromatic heterocycles. The van der Waals surface area contributed by atoms with Crippen molar-refractivity contribution in [1.82, 2.24) is 15.1 Å². The van der Waals surface area contributed by atoms with Crippen LogP contribution in [-0.2, 0) is 4.79 Å². The molecule has 19 heavy (non-hydrogen) atoms. The molecule has 1 heterocycles. The van der Waals surface area contributed by atoms with Crippen molar-refractivity contribution < 1.29 is 4.79 Å². The topological polar surface area (TPSA) is 61.6 Å². The standard InChI is InChI=1S/C14H30N4O/c1-4-6-16-14(3,13(15)19)12-18-10-8-17(7-5-2)9-11-18/h16H,4-12H2,1-3H3,(H2,15,19). The maximum atomic E-state index is 11.7. The molecule has 1 fully saturated rings. The van der Waals surface area contributed by atoms with E-state index in [1.54, 1.807) is 0 Å². The van der Waals surface area contributed by atoms with Crippen molar-refractivity contribution in [3.8, 4) is 0 Å². The number of carbonyl (C=O) groups is 1. The van der Waals surface area contributed by atoms with E-state index in [2.05, 4.69) is 29.0 Å². The fraction of sp³-hybridized carbons (Fsp3) is 0.929. The van der Waals surface area contributed by atoms with E-state index < -0.39 is 5.54 Å². The van der Waals surface area contributed by atoms with Gasteiger partial charge in [-0.05, 0) is 32.9 Å². The Hall–Kier alpha value is -0.650. The maximum absolute atomic E-state index is 11.7. The Bertz CT molecular complexity index is 277. The molecule has 1 unspecified atom stereocenters. The number of hydrogen-bond acceptors (Lipinski definition) is 4. The highest BCUT2D eigenvalue weighted by atomic mass is 16.1. The summed E-state index contributed by atoms with van der Waals surface area (Å²) in [6, 6.07) is 0. The van der Waals surface area contributed by atoms with E-state index >= 15 is 0 Å². The number of rotatable bonds is 8. The van der Waals surface area contributed by atoms with Crippen LogP contribution in [0.2, 0.25) is 0 Å². The molecular weight excluding hydrogens is 240 g/mol. The molecule has 0 bridgehead atoms. The average molecular weight is 270 g/mol. The number of amides is 1. The molecular formula is C14H30N4O. The van der Waals surface area contributed by atoms with Crippen molar-refractivity contribution in [1.29, 1.82) is 0 Å². The number of nitrogens with zero attached hydrogens (tertiary/aromatic N) is 2. The molecule has 1 amide bonds. The van der Waals surface area contributed by atoms with Crippen LogP contribution >= 0.6 is 0 Å². The van der Waals surface area contributed by atoms with E-state index in [0.29, 0.717) is 6.54 Å². The Morgan fingerprint density at radius 2 is 1.74 bits per heavy atom. The number of nitrogens with two attached hydrogens (primary N) is 1. The third-order valence-electron chi connectivity index (χ3n) is 3.85. The zero-order valence-electron chi connectivity index (χ0n) is 12.7. The highest BCUT2D eigenvalue weighted by Crippen LogP contribution is 2.10. The van der Waals surface area contributed by atoms with Crippen molar-refractivity contribution in [2.75, 3.05) is 45.8 Å². The Kier molecular flexibility index (Phi) is 6.75. The van der Waals surface area contributed by atoms with Gasteiger partial charge in [0.1, 0.15) is 5.54 Å². The van der Waals surface area contributed by atoms with Crippen molar-refractivity contribution >= 4 is 5.91 Å². The molecule has 1 aliphatic heterocycles. The molecule has 5 heteroatoms. The second-order valence-corrected chi connectivity index (χ2v) is 5.74. The second-order valence-electron chi connectivity index (χ2n) is 5.74. The summed E-state index contributed by atoms with van der Waals surface area (Å²) in [6.07, 6.45) is 2.21. The molecule has 0 spiro atoms. The van der Waals surface area contributed by atoms with Crippen LogP contribution in [0.15, 0.2) is 0 Å². The normalized spacial score (nSPS) is 21.2. The third kappa shape index (κ3) is 5.09. The maximum Gasteiger partial charge on any atom is 0.238 e. The van der Waals surface area contributed by atoms with Gasteiger partial charge in [0.05, 0.1) is 0 Å². The van der Waals surface area contributed by atoms with E-state index in [-0.39, 0.29) is 5.91 Å². The molecule has 1 aliphatic rings. The summed E-state index contributed by atoms with van der Waals surface area (Å²) in [5, 5.41) is 3.30. The number of primary amides is 1. The molecule has 0 saturated carbocycles. The van der Waals surface area contributed by atoms with Gasteiger partial charge in [0, 0.05) is 32.7 Å². The minimum atomic E-state index is -0.608. The Morgan fingerprint density at radius 1 is 1.16 bits per heavy atom. The molecule has 0 aromatic rings. The van der Waals surface area contributed by atoms with E-state index in [1.807, 2.05) is 6.92 Å². The first-order valence-electron chi connectivity index (χ1n) is 7.51. The van der Waals surface area contributed by atoms with Crippen molar-refractivity contribution in [3.05, 3.63) is 0 Å². The first-order valence-corrected chi connectivity index (χ1v) is 7.51. The molecule has 1 saturated heterocycles. The van der Waals surface area contributed by atoms with Crippen LogP contribution in [0.25, 0.3) is 0 Å². The number of carbonyl (C=O) groups excluding carboxylic acids is 1. The molecule has 3 N–H and O–H groups in total. The lowest BCUT2D eigenvalue weighted by atomic mass is 10.00. The smallest absolute Gasteiger partial charge is 0.238 e. The summed E-state index contributed by atoms with van der Waals surface area (Å²) in [6.45, 7) is 13.2. The van der Waals surface area contributed by atoms with Crippen LogP contribution in [0.3, 0.4) is 0 Å². The summed E-state index contributed by atoms with van der Waals surface area (Å²) < 4.78 is 0. The van der Waals surface area contributed by atoms with Gasteiger partial charge in [-0.3, -0.25) is 9.69 Å². The number of piperazine rings is 1. The SMILES string of the molecule is CCCNC(C)(CN1CCN(CCC)CC1)C(N)=O. The Morgan fingerprint density at radius 3 is 2.21 bits per heavy atom. The number of nitrogens with one attached hydrogen (secondary N) is 1.